The number of aliphatic hydroxyl groups is 2. The maximum atomic E-state index is 10.5. The molecule has 0 aliphatic rings. The third kappa shape index (κ3) is 9.17. The van der Waals surface area contributed by atoms with Gasteiger partial charge in [-0.3, -0.25) is 0 Å². The summed E-state index contributed by atoms with van der Waals surface area (Å²) in [6, 6.07) is 18.2. The summed E-state index contributed by atoms with van der Waals surface area (Å²) in [5, 5.41) is 37.7. The molecule has 6 aromatic heterocycles. The van der Waals surface area contributed by atoms with Gasteiger partial charge in [0.25, 0.3) is 11.4 Å². The molecule has 324 valence electrons. The molecule has 0 saturated heterocycles. The van der Waals surface area contributed by atoms with E-state index in [1.54, 1.807) is 36.7 Å². The lowest BCUT2D eigenvalue weighted by atomic mass is 9.94. The Labute approximate surface area is 377 Å². The summed E-state index contributed by atoms with van der Waals surface area (Å²) in [6.07, 6.45) is 5.68. The fraction of sp³-hybridized carbons (Fsp3) is 0.227. The van der Waals surface area contributed by atoms with Crippen LogP contribution in [-0.4, -0.2) is 59.3 Å². The second-order valence-electron chi connectivity index (χ2n) is 15.7. The van der Waals surface area contributed by atoms with E-state index in [9.17, 15) is 10.2 Å². The van der Waals surface area contributed by atoms with Crippen molar-refractivity contribution in [1.29, 1.82) is 0 Å². The minimum atomic E-state index is -1.01. The van der Waals surface area contributed by atoms with Crippen molar-refractivity contribution in [2.24, 2.45) is 0 Å². The van der Waals surface area contributed by atoms with Crippen molar-refractivity contribution >= 4 is 69.1 Å². The number of hydrogen-bond donors (Lipinski definition) is 6. The van der Waals surface area contributed by atoms with E-state index in [0.29, 0.717) is 44.6 Å². The first-order valence-electron chi connectivity index (χ1n) is 19.6. The van der Waals surface area contributed by atoms with Gasteiger partial charge in [-0.05, 0) is 76.9 Å². The molecule has 0 aliphatic heterocycles. The summed E-state index contributed by atoms with van der Waals surface area (Å²) in [7, 11) is 0. The lowest BCUT2D eigenvalue weighted by molar-refractivity contribution is 0.0781. The summed E-state index contributed by atoms with van der Waals surface area (Å²) in [5.41, 5.74) is 17.1. The number of aromatic nitrogens is 10. The Hall–Kier alpha value is -7.48. The number of nitrogens with one attached hydrogen (secondary N) is 2. The van der Waals surface area contributed by atoms with Crippen LogP contribution in [0.4, 0.5) is 34.6 Å². The number of halogens is 2. The predicted molar refractivity (Wildman–Crippen MR) is 247 cm³/mol. The summed E-state index contributed by atoms with van der Waals surface area (Å²) < 4.78 is 3.11. The fourth-order valence-electron chi connectivity index (χ4n) is 6.79. The second kappa shape index (κ2) is 17.7. The van der Waals surface area contributed by atoms with Crippen LogP contribution < -0.4 is 22.1 Å². The molecule has 0 radical (unpaired) electrons. The van der Waals surface area contributed by atoms with Crippen LogP contribution in [0, 0.1) is 13.1 Å². The molecule has 0 bridgehead atoms. The monoisotopic (exact) mass is 896 g/mol. The van der Waals surface area contributed by atoms with E-state index in [2.05, 4.69) is 50.2 Å². The van der Waals surface area contributed by atoms with Crippen LogP contribution in [-0.2, 0) is 11.2 Å². The Morgan fingerprint density at radius 2 is 1.02 bits per heavy atom. The van der Waals surface area contributed by atoms with Crippen LogP contribution >= 0.6 is 23.2 Å². The Kier molecular flexibility index (Phi) is 12.3. The van der Waals surface area contributed by atoms with Gasteiger partial charge in [-0.2, -0.15) is 10.2 Å². The van der Waals surface area contributed by atoms with Gasteiger partial charge in [-0.25, -0.2) is 48.6 Å². The number of nitrogens with two attached hydrogens (primary N) is 2. The maximum absolute atomic E-state index is 10.5. The third-order valence-corrected chi connectivity index (χ3v) is 10.7. The molecule has 0 amide bonds. The Bertz CT molecular complexity index is 2910. The zero-order valence-corrected chi connectivity index (χ0v) is 36.9. The van der Waals surface area contributed by atoms with E-state index in [4.69, 9.17) is 58.0 Å². The van der Waals surface area contributed by atoms with Crippen molar-refractivity contribution < 1.29 is 10.2 Å². The van der Waals surface area contributed by atoms with Gasteiger partial charge in [0.1, 0.15) is 35.9 Å². The number of imidazole rings is 2. The fourth-order valence-corrected chi connectivity index (χ4v) is 7.13. The van der Waals surface area contributed by atoms with Crippen molar-refractivity contribution in [3.05, 3.63) is 141 Å². The van der Waals surface area contributed by atoms with Gasteiger partial charge in [0.05, 0.1) is 60.2 Å². The zero-order valence-electron chi connectivity index (χ0n) is 35.4. The molecule has 18 nitrogen and oxygen atoms in total. The summed E-state index contributed by atoms with van der Waals surface area (Å²) in [6.45, 7) is 25.6. The highest BCUT2D eigenvalue weighted by Gasteiger charge is 2.24. The second-order valence-corrected chi connectivity index (χ2v) is 16.5. The van der Waals surface area contributed by atoms with Gasteiger partial charge in [-0.15, -0.1) is 0 Å². The molecule has 0 aliphatic carbocycles. The van der Waals surface area contributed by atoms with Crippen LogP contribution in [0.1, 0.15) is 75.9 Å². The largest absolute Gasteiger partial charge is 0.392 e. The normalized spacial score (nSPS) is 12.5. The summed E-state index contributed by atoms with van der Waals surface area (Å²) in [4.78, 5) is 31.6. The number of rotatable bonds is 10. The van der Waals surface area contributed by atoms with Crippen LogP contribution in [0.3, 0.4) is 0 Å². The maximum Gasteiger partial charge on any atom is 0.268 e. The van der Waals surface area contributed by atoms with Gasteiger partial charge in [0, 0.05) is 22.3 Å². The van der Waals surface area contributed by atoms with Gasteiger partial charge >= 0.3 is 0 Å². The van der Waals surface area contributed by atoms with Gasteiger partial charge in [0.15, 0.2) is 21.6 Å². The molecule has 6 heterocycles. The number of anilines is 4. The van der Waals surface area contributed by atoms with Crippen LogP contribution in [0.15, 0.2) is 85.7 Å². The average Bonchev–Trinajstić information content (AvgIpc) is 3.82. The van der Waals surface area contributed by atoms with Crippen molar-refractivity contribution in [3.8, 4) is 22.5 Å². The highest BCUT2D eigenvalue weighted by atomic mass is 35.5. The Morgan fingerprint density at radius 3 is 1.38 bits per heavy atom. The minimum absolute atomic E-state index is 0.108. The number of benzene rings is 2. The third-order valence-electron chi connectivity index (χ3n) is 10.2. The molecule has 0 saturated carbocycles. The van der Waals surface area contributed by atoms with Crippen molar-refractivity contribution in [2.75, 3.05) is 22.1 Å². The quantitative estimate of drug-likeness (QED) is 0.0704. The van der Waals surface area contributed by atoms with E-state index in [-0.39, 0.29) is 35.1 Å². The summed E-state index contributed by atoms with van der Waals surface area (Å²) >= 11 is 12.5. The molecule has 2 atom stereocenters. The molecule has 0 spiro atoms. The predicted octanol–water partition coefficient (Wildman–Crippen LogP) is 8.75. The zero-order chi connectivity index (χ0) is 46.1. The molecule has 2 aromatic carbocycles. The van der Waals surface area contributed by atoms with Gasteiger partial charge in [0.2, 0.25) is 0 Å². The highest BCUT2D eigenvalue weighted by Crippen LogP contribution is 2.37. The van der Waals surface area contributed by atoms with Crippen molar-refractivity contribution in [1.82, 2.24) is 49.1 Å². The lowest BCUT2D eigenvalue weighted by Crippen LogP contribution is -2.16. The van der Waals surface area contributed by atoms with E-state index in [1.807, 2.05) is 74.5 Å². The summed E-state index contributed by atoms with van der Waals surface area (Å²) in [5.74, 6) is 0.878. The number of hydrogen-bond acceptors (Lipinski definition) is 14. The van der Waals surface area contributed by atoms with Crippen LogP contribution in [0.5, 0.6) is 0 Å². The SMILES string of the molecule is [C-]#[N+]c1c(N)ncnc1NC(C)c1cc2ncc(Cl)n2nc1-c1cccc(C(C)(C)O)c1.[C-]#[N+]c1c(N)ncnc1NC(C)c1cc2ncc(Cl)n2nc1-c1cccc(C(C)(C)O)c1. The smallest absolute Gasteiger partial charge is 0.268 e. The molecule has 0 fully saturated rings. The highest BCUT2D eigenvalue weighted by molar-refractivity contribution is 6.30. The number of nitrogen functional groups attached to an aromatic ring is 2. The van der Waals surface area contributed by atoms with Gasteiger partial charge < -0.3 is 32.3 Å². The van der Waals surface area contributed by atoms with E-state index in [1.165, 1.54) is 25.0 Å². The number of nitrogens with zero attached hydrogens (tertiary/aromatic N) is 12. The average molecular weight is 898 g/mol. The molecule has 64 heavy (non-hydrogen) atoms. The Morgan fingerprint density at radius 1 is 0.625 bits per heavy atom. The molecular formula is C44H42Cl2N16O2. The number of fused-ring (bicyclic) bond motifs is 2. The molecule has 8 aromatic rings. The lowest BCUT2D eigenvalue weighted by Gasteiger charge is -2.21. The Balaban J connectivity index is 0.000000191. The standard InChI is InChI=1S/2C22H21ClN8O/c2*1-12(29-21-19(25-4)20(24)27-11-28-21)15-9-17-26-10-16(23)31(17)30-18(15)13-6-5-7-14(8-13)22(2,3)32/h2*5-12,32H,1-3H3,(H3,24,27,28,29). The first kappa shape index (κ1) is 44.6. The first-order valence-corrected chi connectivity index (χ1v) is 20.4. The molecule has 20 heteroatoms. The minimum Gasteiger partial charge on any atom is -0.392 e. The molecular weight excluding hydrogens is 855 g/mol. The van der Waals surface area contributed by atoms with E-state index < -0.39 is 11.2 Å². The van der Waals surface area contributed by atoms with Crippen LogP contribution in [0.2, 0.25) is 10.3 Å². The van der Waals surface area contributed by atoms with E-state index >= 15 is 0 Å². The molecule has 8 N–H and O–H groups in total. The van der Waals surface area contributed by atoms with Crippen molar-refractivity contribution in [2.45, 2.75) is 64.8 Å². The van der Waals surface area contributed by atoms with Crippen molar-refractivity contribution in [3.63, 3.8) is 0 Å². The molecule has 8 rings (SSSR count). The van der Waals surface area contributed by atoms with Gasteiger partial charge in [-0.1, -0.05) is 59.6 Å². The topological polar surface area (TPSA) is 237 Å². The first-order chi connectivity index (χ1) is 30.4. The molecule has 2 unspecified atom stereocenters. The van der Waals surface area contributed by atoms with Crippen LogP contribution in [0.25, 0.3) is 43.5 Å². The van der Waals surface area contributed by atoms with E-state index in [0.717, 1.165) is 33.4 Å².